The molecule has 0 unspecified atom stereocenters. The Bertz CT molecular complexity index is 757. The first-order chi connectivity index (χ1) is 10.1. The van der Waals surface area contributed by atoms with Crippen molar-refractivity contribution < 1.29 is 14.6 Å². The molecule has 110 valence electrons. The van der Waals surface area contributed by atoms with Crippen LogP contribution in [0.2, 0.25) is 0 Å². The van der Waals surface area contributed by atoms with Crippen LogP contribution in [0.5, 0.6) is 17.4 Å². The Morgan fingerprint density at radius 1 is 1.38 bits per heavy atom. The molecule has 0 saturated heterocycles. The summed E-state index contributed by atoms with van der Waals surface area (Å²) in [5.74, 6) is 1.24. The average molecular weight is 353 g/mol. The van der Waals surface area contributed by atoms with Gasteiger partial charge < -0.3 is 19.6 Å². The minimum atomic E-state index is -0.342. The van der Waals surface area contributed by atoms with E-state index >= 15 is 0 Å². The summed E-state index contributed by atoms with van der Waals surface area (Å²) < 4.78 is 11.8. The fraction of sp³-hybridized carbons (Fsp3) is 0.286. The van der Waals surface area contributed by atoms with Crippen molar-refractivity contribution in [2.24, 2.45) is 0 Å². The number of fused-ring (bicyclic) bond motifs is 1. The molecule has 1 aromatic heterocycles. The van der Waals surface area contributed by atoms with Crippen molar-refractivity contribution in [1.82, 2.24) is 9.97 Å². The fourth-order valence-corrected chi connectivity index (χ4v) is 2.75. The number of aromatic amines is 1. The standard InChI is InChI=1S/C14H13BrN2O4/c1-2-8-13(18)16-12(17-14(8)19)7-5-9(15)11-10(6-7)20-3-4-21-11/h5-6H,2-4H2,1H3,(H2,16,17,18,19). The number of nitrogens with zero attached hydrogens (tertiary/aromatic N) is 1. The van der Waals surface area contributed by atoms with Crippen molar-refractivity contribution in [3.05, 3.63) is 32.5 Å². The lowest BCUT2D eigenvalue weighted by Crippen LogP contribution is -2.16. The highest BCUT2D eigenvalue weighted by molar-refractivity contribution is 9.10. The molecule has 0 atom stereocenters. The van der Waals surface area contributed by atoms with Gasteiger partial charge in [0.15, 0.2) is 11.5 Å². The molecule has 2 heterocycles. The summed E-state index contributed by atoms with van der Waals surface area (Å²) in [7, 11) is 0. The highest BCUT2D eigenvalue weighted by Crippen LogP contribution is 2.40. The SMILES string of the molecule is CCc1c(O)nc(-c2cc(Br)c3c(c2)OCCO3)[nH]c1=O. The summed E-state index contributed by atoms with van der Waals surface area (Å²) in [5, 5.41) is 9.84. The normalized spacial score (nSPS) is 13.2. The van der Waals surface area contributed by atoms with Crippen LogP contribution in [0.4, 0.5) is 0 Å². The molecule has 2 aromatic rings. The molecule has 6 nitrogen and oxygen atoms in total. The molecule has 0 fully saturated rings. The first-order valence-corrected chi connectivity index (χ1v) is 7.31. The number of H-pyrrole nitrogens is 1. The van der Waals surface area contributed by atoms with E-state index in [-0.39, 0.29) is 22.8 Å². The molecule has 1 aromatic carbocycles. The second-order valence-corrected chi connectivity index (χ2v) is 5.41. The third-order valence-electron chi connectivity index (χ3n) is 3.22. The number of aromatic hydroxyl groups is 1. The molecule has 2 N–H and O–H groups in total. The van der Waals surface area contributed by atoms with Crippen LogP contribution in [-0.2, 0) is 6.42 Å². The quantitative estimate of drug-likeness (QED) is 0.865. The van der Waals surface area contributed by atoms with Gasteiger partial charge in [0, 0.05) is 5.56 Å². The Hall–Kier alpha value is -2.02. The lowest BCUT2D eigenvalue weighted by Gasteiger charge is -2.20. The third kappa shape index (κ3) is 2.49. The number of halogens is 1. The Kier molecular flexibility index (Phi) is 3.59. The number of aromatic nitrogens is 2. The summed E-state index contributed by atoms with van der Waals surface area (Å²) in [6.07, 6.45) is 0.416. The maximum absolute atomic E-state index is 11.9. The van der Waals surface area contributed by atoms with Gasteiger partial charge in [0.05, 0.1) is 10.0 Å². The van der Waals surface area contributed by atoms with E-state index in [4.69, 9.17) is 9.47 Å². The van der Waals surface area contributed by atoms with E-state index in [1.54, 1.807) is 19.1 Å². The van der Waals surface area contributed by atoms with Gasteiger partial charge >= 0.3 is 0 Å². The van der Waals surface area contributed by atoms with Gasteiger partial charge in [-0.05, 0) is 34.5 Å². The van der Waals surface area contributed by atoms with Gasteiger partial charge in [-0.25, -0.2) is 0 Å². The highest BCUT2D eigenvalue weighted by atomic mass is 79.9. The number of ether oxygens (including phenoxy) is 2. The van der Waals surface area contributed by atoms with Crippen molar-refractivity contribution in [2.45, 2.75) is 13.3 Å². The summed E-state index contributed by atoms with van der Waals surface area (Å²) in [6, 6.07) is 3.49. The molecule has 3 rings (SSSR count). The first-order valence-electron chi connectivity index (χ1n) is 6.51. The third-order valence-corrected chi connectivity index (χ3v) is 3.81. The zero-order valence-corrected chi connectivity index (χ0v) is 12.9. The Balaban J connectivity index is 2.13. The minimum Gasteiger partial charge on any atom is -0.493 e. The number of hydrogen-bond acceptors (Lipinski definition) is 5. The smallest absolute Gasteiger partial charge is 0.258 e. The van der Waals surface area contributed by atoms with E-state index in [0.29, 0.717) is 41.2 Å². The maximum Gasteiger partial charge on any atom is 0.258 e. The molecule has 0 amide bonds. The molecule has 1 aliphatic heterocycles. The van der Waals surface area contributed by atoms with Crippen LogP contribution < -0.4 is 15.0 Å². The van der Waals surface area contributed by atoms with Crippen molar-refractivity contribution in [3.63, 3.8) is 0 Å². The van der Waals surface area contributed by atoms with Crippen LogP contribution >= 0.6 is 15.9 Å². The van der Waals surface area contributed by atoms with Gasteiger partial charge in [-0.1, -0.05) is 6.92 Å². The van der Waals surface area contributed by atoms with E-state index in [9.17, 15) is 9.90 Å². The van der Waals surface area contributed by atoms with Gasteiger partial charge in [-0.15, -0.1) is 0 Å². The Morgan fingerprint density at radius 2 is 2.14 bits per heavy atom. The van der Waals surface area contributed by atoms with Gasteiger partial charge in [0.1, 0.15) is 19.0 Å². The number of hydrogen-bond donors (Lipinski definition) is 2. The topological polar surface area (TPSA) is 84.4 Å². The predicted octanol–water partition coefficient (Wildman–Crippen LogP) is 2.24. The van der Waals surface area contributed by atoms with Crippen LogP contribution in [-0.4, -0.2) is 28.3 Å². The van der Waals surface area contributed by atoms with E-state index in [1.807, 2.05) is 0 Å². The van der Waals surface area contributed by atoms with Gasteiger partial charge in [-0.3, -0.25) is 4.79 Å². The molecule has 0 spiro atoms. The van der Waals surface area contributed by atoms with Crippen molar-refractivity contribution in [1.29, 1.82) is 0 Å². The van der Waals surface area contributed by atoms with Crippen LogP contribution in [0.15, 0.2) is 21.4 Å². The molecule has 21 heavy (non-hydrogen) atoms. The van der Waals surface area contributed by atoms with Crippen molar-refractivity contribution >= 4 is 15.9 Å². The zero-order chi connectivity index (χ0) is 15.0. The molecular formula is C14H13BrN2O4. The molecule has 1 aliphatic rings. The largest absolute Gasteiger partial charge is 0.493 e. The molecular weight excluding hydrogens is 340 g/mol. The van der Waals surface area contributed by atoms with Crippen molar-refractivity contribution in [2.75, 3.05) is 13.2 Å². The second-order valence-electron chi connectivity index (χ2n) is 4.55. The summed E-state index contributed by atoms with van der Waals surface area (Å²) in [4.78, 5) is 18.6. The monoisotopic (exact) mass is 352 g/mol. The van der Waals surface area contributed by atoms with E-state index in [2.05, 4.69) is 25.9 Å². The Labute approximate surface area is 128 Å². The molecule has 0 saturated carbocycles. The van der Waals surface area contributed by atoms with Gasteiger partial charge in [0.2, 0.25) is 5.88 Å². The van der Waals surface area contributed by atoms with E-state index < -0.39 is 0 Å². The first kappa shape index (κ1) is 13.9. The predicted molar refractivity (Wildman–Crippen MR) is 80.0 cm³/mol. The summed E-state index contributed by atoms with van der Waals surface area (Å²) in [6.45, 7) is 2.74. The molecule has 7 heteroatoms. The molecule has 0 radical (unpaired) electrons. The number of nitrogens with one attached hydrogen (secondary N) is 1. The average Bonchev–Trinajstić information content (AvgIpc) is 2.47. The lowest BCUT2D eigenvalue weighted by atomic mass is 10.1. The number of rotatable bonds is 2. The van der Waals surface area contributed by atoms with Crippen LogP contribution in [0.25, 0.3) is 11.4 Å². The van der Waals surface area contributed by atoms with Gasteiger partial charge in [0.25, 0.3) is 5.56 Å². The highest BCUT2D eigenvalue weighted by Gasteiger charge is 2.18. The van der Waals surface area contributed by atoms with E-state index in [0.717, 1.165) is 0 Å². The fourth-order valence-electron chi connectivity index (χ4n) is 2.19. The minimum absolute atomic E-state index is 0.248. The van der Waals surface area contributed by atoms with E-state index in [1.165, 1.54) is 0 Å². The van der Waals surface area contributed by atoms with Crippen LogP contribution in [0.3, 0.4) is 0 Å². The van der Waals surface area contributed by atoms with Crippen molar-refractivity contribution in [3.8, 4) is 28.8 Å². The second kappa shape index (κ2) is 5.40. The summed E-state index contributed by atoms with van der Waals surface area (Å²) in [5.41, 5.74) is 0.558. The van der Waals surface area contributed by atoms with Crippen LogP contribution in [0, 0.1) is 0 Å². The Morgan fingerprint density at radius 3 is 2.86 bits per heavy atom. The zero-order valence-electron chi connectivity index (χ0n) is 11.3. The molecule has 0 aliphatic carbocycles. The number of benzene rings is 1. The van der Waals surface area contributed by atoms with Crippen LogP contribution in [0.1, 0.15) is 12.5 Å². The molecule has 0 bridgehead atoms. The van der Waals surface area contributed by atoms with Gasteiger partial charge in [-0.2, -0.15) is 4.98 Å². The summed E-state index contributed by atoms with van der Waals surface area (Å²) >= 11 is 3.41. The lowest BCUT2D eigenvalue weighted by molar-refractivity contribution is 0.170. The maximum atomic E-state index is 11.9.